The summed E-state index contributed by atoms with van der Waals surface area (Å²) in [5.41, 5.74) is 13.6. The molecule has 0 aliphatic rings. The summed E-state index contributed by atoms with van der Waals surface area (Å²) in [6.45, 7) is 15.3. The van der Waals surface area contributed by atoms with Crippen molar-refractivity contribution in [1.82, 2.24) is 15.0 Å². The quantitative estimate of drug-likeness (QED) is 0.157. The van der Waals surface area contributed by atoms with Crippen LogP contribution in [0.1, 0.15) is 61.4 Å². The van der Waals surface area contributed by atoms with Crippen LogP contribution in [0.4, 0.5) is 0 Å². The predicted octanol–water partition coefficient (Wildman–Crippen LogP) is 11.4. The first-order valence-corrected chi connectivity index (χ1v) is 16.4. The Bertz CT molecular complexity index is 2140. The van der Waals surface area contributed by atoms with Crippen molar-refractivity contribution in [3.05, 3.63) is 137 Å². The summed E-state index contributed by atoms with van der Waals surface area (Å²) in [5, 5.41) is 2.05. The molecule has 0 aliphatic heterocycles. The van der Waals surface area contributed by atoms with E-state index in [2.05, 4.69) is 107 Å². The van der Waals surface area contributed by atoms with E-state index in [4.69, 9.17) is 14.4 Å². The van der Waals surface area contributed by atoms with Crippen molar-refractivity contribution in [3.8, 4) is 33.8 Å². The van der Waals surface area contributed by atoms with Crippen molar-refractivity contribution >= 4 is 22.1 Å². The monoisotopic (exact) mass is 808 g/mol. The number of rotatable bonds is 6. The minimum absolute atomic E-state index is 0. The normalized spacial score (nSPS) is 11.2. The minimum Gasteiger partial charge on any atom is -0.486 e. The Balaban J connectivity index is 0.000000270. The topological polar surface area (TPSA) is 51.8 Å². The average Bonchev–Trinajstić information content (AvgIpc) is 3.47. The molecule has 0 saturated heterocycles. The van der Waals surface area contributed by atoms with E-state index >= 15 is 0 Å². The van der Waals surface area contributed by atoms with Gasteiger partial charge in [-0.3, -0.25) is 0 Å². The third-order valence-electron chi connectivity index (χ3n) is 9.51. The molecular formula is C43H41IrN3O-2. The molecule has 7 rings (SSSR count). The molecule has 0 unspecified atom stereocenters. The number of hydrogen-bond acceptors (Lipinski definition) is 4. The average molecular weight is 808 g/mol. The predicted molar refractivity (Wildman–Crippen MR) is 194 cm³/mol. The van der Waals surface area contributed by atoms with Crippen LogP contribution in [-0.4, -0.2) is 15.0 Å². The third-order valence-corrected chi connectivity index (χ3v) is 9.51. The van der Waals surface area contributed by atoms with Gasteiger partial charge in [0.05, 0.1) is 11.3 Å². The zero-order valence-electron chi connectivity index (χ0n) is 28.7. The maximum atomic E-state index is 6.38. The fourth-order valence-electron chi connectivity index (χ4n) is 6.31. The number of hydrogen-bond donors (Lipinski definition) is 0. The van der Waals surface area contributed by atoms with Crippen molar-refractivity contribution in [3.63, 3.8) is 0 Å². The van der Waals surface area contributed by atoms with Gasteiger partial charge in [-0.1, -0.05) is 73.7 Å². The second-order valence-electron chi connectivity index (χ2n) is 12.7. The van der Waals surface area contributed by atoms with Gasteiger partial charge in [0.1, 0.15) is 0 Å². The molecule has 3 aromatic carbocycles. The van der Waals surface area contributed by atoms with E-state index in [9.17, 15) is 0 Å². The molecule has 48 heavy (non-hydrogen) atoms. The molecule has 1 radical (unpaired) electrons. The van der Waals surface area contributed by atoms with Crippen molar-refractivity contribution in [1.29, 1.82) is 0 Å². The first-order valence-electron chi connectivity index (χ1n) is 16.4. The third kappa shape index (κ3) is 6.90. The number of aryl methyl sites for hydroxylation is 4. The molecule has 7 aromatic rings. The van der Waals surface area contributed by atoms with E-state index in [1.165, 1.54) is 33.4 Å². The fraction of sp³-hybridized carbons (Fsp3) is 0.233. The van der Waals surface area contributed by atoms with E-state index < -0.39 is 0 Å². The Morgan fingerprint density at radius 2 is 1.42 bits per heavy atom. The van der Waals surface area contributed by atoms with Crippen LogP contribution in [0, 0.1) is 39.8 Å². The molecule has 0 amide bonds. The van der Waals surface area contributed by atoms with Gasteiger partial charge in [0, 0.05) is 43.4 Å². The van der Waals surface area contributed by atoms with Crippen LogP contribution in [0.25, 0.3) is 55.8 Å². The fourth-order valence-corrected chi connectivity index (χ4v) is 6.31. The molecule has 5 heteroatoms. The van der Waals surface area contributed by atoms with Gasteiger partial charge >= 0.3 is 0 Å². The van der Waals surface area contributed by atoms with Crippen molar-refractivity contribution in [2.24, 2.45) is 0 Å². The maximum Gasteiger partial charge on any atom is 0.216 e. The SMILES string of the molecule is CCC(C)(CC)c1cnc(-c2[c-]ccc3c2oc2nc(-c4c(C)cccc4C)ccc23)cc1C.Cc1ccc(-c2[c-]cccc2)nc1.[Ir]. The largest absolute Gasteiger partial charge is 0.486 e. The number of benzene rings is 3. The Morgan fingerprint density at radius 3 is 2.06 bits per heavy atom. The minimum atomic E-state index is 0. The summed E-state index contributed by atoms with van der Waals surface area (Å²) >= 11 is 0. The summed E-state index contributed by atoms with van der Waals surface area (Å²) in [6, 6.07) is 35.2. The van der Waals surface area contributed by atoms with Crippen molar-refractivity contribution in [2.75, 3.05) is 0 Å². The summed E-state index contributed by atoms with van der Waals surface area (Å²) in [5.74, 6) is 0. The van der Waals surface area contributed by atoms with Crippen LogP contribution in [0.5, 0.6) is 0 Å². The van der Waals surface area contributed by atoms with Gasteiger partial charge in [0.2, 0.25) is 5.71 Å². The Hall–Kier alpha value is -4.44. The molecule has 0 bridgehead atoms. The van der Waals surface area contributed by atoms with Crippen LogP contribution in [-0.2, 0) is 25.5 Å². The van der Waals surface area contributed by atoms with Gasteiger partial charge < -0.3 is 14.4 Å². The van der Waals surface area contributed by atoms with Gasteiger partial charge in [-0.25, -0.2) is 4.98 Å². The van der Waals surface area contributed by atoms with Gasteiger partial charge in [0.25, 0.3) is 0 Å². The summed E-state index contributed by atoms with van der Waals surface area (Å²) in [6.07, 6.45) is 6.09. The molecule has 0 fully saturated rings. The number of aromatic nitrogens is 3. The van der Waals surface area contributed by atoms with Gasteiger partial charge in [-0.05, 0) is 91.7 Å². The number of furan rings is 1. The molecule has 0 aliphatic carbocycles. The number of nitrogens with zero attached hydrogens (tertiary/aromatic N) is 3. The second-order valence-corrected chi connectivity index (χ2v) is 12.7. The van der Waals surface area contributed by atoms with E-state index in [1.54, 1.807) is 0 Å². The zero-order chi connectivity index (χ0) is 33.1. The molecule has 0 N–H and O–H groups in total. The van der Waals surface area contributed by atoms with Crippen LogP contribution >= 0.6 is 0 Å². The van der Waals surface area contributed by atoms with Crippen LogP contribution in [0.15, 0.2) is 102 Å². The molecule has 4 nitrogen and oxygen atoms in total. The van der Waals surface area contributed by atoms with Gasteiger partial charge in [0.15, 0.2) is 0 Å². The zero-order valence-corrected chi connectivity index (χ0v) is 31.1. The van der Waals surface area contributed by atoms with E-state index in [0.717, 1.165) is 57.4 Å². The standard InChI is InChI=1S/C31H31N2O.C12H10N.Ir/c1-7-31(6,8-2)25-18-32-27(17-21(25)5)24-14-10-13-22-23-15-16-26(33-30(23)34-29(22)24)28-19(3)11-9-12-20(28)4;1-10-7-8-12(13-9-10)11-5-3-2-4-6-11;/h9-13,15-18H,7-8H2,1-6H3;2-5,7-9H,1H3;/q2*-1;. The van der Waals surface area contributed by atoms with E-state index in [1.807, 2.05) is 55.7 Å². The summed E-state index contributed by atoms with van der Waals surface area (Å²) in [7, 11) is 0. The van der Waals surface area contributed by atoms with Crippen LogP contribution in [0.2, 0.25) is 0 Å². The Kier molecular flexibility index (Phi) is 10.7. The second kappa shape index (κ2) is 14.8. The van der Waals surface area contributed by atoms with E-state index in [-0.39, 0.29) is 25.5 Å². The smallest absolute Gasteiger partial charge is 0.216 e. The molecule has 4 aromatic heterocycles. The number of fused-ring (bicyclic) bond motifs is 3. The van der Waals surface area contributed by atoms with Crippen LogP contribution < -0.4 is 0 Å². The van der Waals surface area contributed by atoms with Crippen molar-refractivity contribution in [2.45, 2.75) is 66.7 Å². The molecule has 0 atom stereocenters. The molecular weight excluding hydrogens is 767 g/mol. The first kappa shape index (κ1) is 34.9. The Labute approximate surface area is 298 Å². The maximum absolute atomic E-state index is 6.38. The van der Waals surface area contributed by atoms with Crippen LogP contribution in [0.3, 0.4) is 0 Å². The van der Waals surface area contributed by atoms with Gasteiger partial charge in [-0.2, -0.15) is 0 Å². The molecule has 0 saturated carbocycles. The van der Waals surface area contributed by atoms with E-state index in [0.29, 0.717) is 5.71 Å². The molecule has 4 heterocycles. The first-order chi connectivity index (χ1) is 22.7. The Morgan fingerprint density at radius 1 is 0.688 bits per heavy atom. The molecule has 0 spiro atoms. The molecule has 245 valence electrons. The summed E-state index contributed by atoms with van der Waals surface area (Å²) < 4.78 is 6.38. The summed E-state index contributed by atoms with van der Waals surface area (Å²) in [4.78, 5) is 14.1. The van der Waals surface area contributed by atoms with Crippen molar-refractivity contribution < 1.29 is 24.5 Å². The number of pyridine rings is 3. The van der Waals surface area contributed by atoms with Gasteiger partial charge in [-0.15, -0.1) is 54.1 Å².